The molecule has 0 aromatic carbocycles. The van der Waals surface area contributed by atoms with Crippen molar-refractivity contribution in [2.45, 2.75) is 39.7 Å². The van der Waals surface area contributed by atoms with E-state index < -0.39 is 0 Å². The van der Waals surface area contributed by atoms with Crippen LogP contribution < -0.4 is 5.32 Å². The summed E-state index contributed by atoms with van der Waals surface area (Å²) < 4.78 is 5.05. The van der Waals surface area contributed by atoms with E-state index in [4.69, 9.17) is 4.74 Å². The van der Waals surface area contributed by atoms with Crippen molar-refractivity contribution in [2.24, 2.45) is 5.92 Å². The van der Waals surface area contributed by atoms with Crippen LogP contribution in [0.1, 0.15) is 33.6 Å². The second-order valence-electron chi connectivity index (χ2n) is 4.01. The first kappa shape index (κ1) is 15.3. The van der Waals surface area contributed by atoms with Gasteiger partial charge in [-0.1, -0.05) is 27.2 Å². The lowest BCUT2D eigenvalue weighted by molar-refractivity contribution is 0.218. The van der Waals surface area contributed by atoms with E-state index in [1.807, 2.05) is 11.8 Å². The molecule has 0 saturated heterocycles. The Morgan fingerprint density at radius 2 is 2.07 bits per heavy atom. The van der Waals surface area contributed by atoms with Gasteiger partial charge in [-0.3, -0.25) is 0 Å². The molecule has 0 amide bonds. The van der Waals surface area contributed by atoms with Crippen molar-refractivity contribution in [1.82, 2.24) is 5.32 Å². The van der Waals surface area contributed by atoms with Crippen LogP contribution in [0.15, 0.2) is 0 Å². The third kappa shape index (κ3) is 8.12. The highest BCUT2D eigenvalue weighted by molar-refractivity contribution is 7.99. The molecular formula is C12H27NOS. The van der Waals surface area contributed by atoms with Gasteiger partial charge in [-0.25, -0.2) is 0 Å². The highest BCUT2D eigenvalue weighted by Gasteiger charge is 2.14. The minimum atomic E-state index is 0.664. The SMILES string of the molecule is CCCNC(CSCCOC)C(C)CC. The van der Waals surface area contributed by atoms with Gasteiger partial charge in [0, 0.05) is 24.7 Å². The summed E-state index contributed by atoms with van der Waals surface area (Å²) in [6, 6.07) is 0.664. The Balaban J connectivity index is 3.69. The Bertz CT molecular complexity index is 133. The standard InChI is InChI=1S/C12H27NOS/c1-5-7-13-12(11(3)6-2)10-15-9-8-14-4/h11-13H,5-10H2,1-4H3. The average Bonchev–Trinajstić information content (AvgIpc) is 2.27. The molecule has 0 rings (SSSR count). The molecule has 0 aliphatic heterocycles. The predicted molar refractivity (Wildman–Crippen MR) is 70.7 cm³/mol. The number of nitrogens with one attached hydrogen (secondary N) is 1. The Kier molecular flexibility index (Phi) is 11.0. The van der Waals surface area contributed by atoms with Crippen molar-refractivity contribution >= 4 is 11.8 Å². The average molecular weight is 233 g/mol. The fourth-order valence-electron chi connectivity index (χ4n) is 1.39. The maximum absolute atomic E-state index is 5.05. The van der Waals surface area contributed by atoms with Crippen molar-refractivity contribution in [2.75, 3.05) is 31.8 Å². The van der Waals surface area contributed by atoms with Gasteiger partial charge in [-0.15, -0.1) is 0 Å². The van der Waals surface area contributed by atoms with Crippen LogP contribution in [-0.2, 0) is 4.74 Å². The maximum atomic E-state index is 5.05. The van der Waals surface area contributed by atoms with E-state index in [9.17, 15) is 0 Å². The van der Waals surface area contributed by atoms with Crippen molar-refractivity contribution in [3.63, 3.8) is 0 Å². The summed E-state index contributed by atoms with van der Waals surface area (Å²) in [5, 5.41) is 3.64. The topological polar surface area (TPSA) is 21.3 Å². The molecule has 2 nitrogen and oxygen atoms in total. The molecule has 0 fully saturated rings. The third-order valence-corrected chi connectivity index (χ3v) is 3.77. The van der Waals surface area contributed by atoms with Crippen LogP contribution in [0.3, 0.4) is 0 Å². The van der Waals surface area contributed by atoms with Crippen LogP contribution in [0.5, 0.6) is 0 Å². The van der Waals surface area contributed by atoms with Crippen molar-refractivity contribution in [3.05, 3.63) is 0 Å². The first-order valence-electron chi connectivity index (χ1n) is 6.06. The van der Waals surface area contributed by atoms with E-state index in [1.165, 1.54) is 18.6 Å². The minimum Gasteiger partial charge on any atom is -0.384 e. The Labute approximate surface area is 99.5 Å². The zero-order valence-electron chi connectivity index (χ0n) is 10.7. The third-order valence-electron chi connectivity index (χ3n) is 2.72. The summed E-state index contributed by atoms with van der Waals surface area (Å²) in [7, 11) is 1.77. The van der Waals surface area contributed by atoms with Gasteiger partial charge >= 0.3 is 0 Å². The van der Waals surface area contributed by atoms with E-state index in [-0.39, 0.29) is 0 Å². The van der Waals surface area contributed by atoms with E-state index in [1.54, 1.807) is 7.11 Å². The molecule has 0 heterocycles. The Hall–Kier alpha value is 0.270. The molecule has 0 bridgehead atoms. The highest BCUT2D eigenvalue weighted by atomic mass is 32.2. The van der Waals surface area contributed by atoms with Crippen LogP contribution >= 0.6 is 11.8 Å². The quantitative estimate of drug-likeness (QED) is 0.586. The zero-order chi connectivity index (χ0) is 11.5. The highest BCUT2D eigenvalue weighted by Crippen LogP contribution is 2.13. The molecule has 1 N–H and O–H groups in total. The molecule has 0 aromatic rings. The lowest BCUT2D eigenvalue weighted by Crippen LogP contribution is -2.37. The monoisotopic (exact) mass is 233 g/mol. The van der Waals surface area contributed by atoms with E-state index in [0.29, 0.717) is 6.04 Å². The molecule has 92 valence electrons. The fourth-order valence-corrected chi connectivity index (χ4v) is 2.54. The molecule has 0 saturated carbocycles. The van der Waals surface area contributed by atoms with E-state index in [2.05, 4.69) is 26.1 Å². The molecule has 0 aromatic heterocycles. The largest absolute Gasteiger partial charge is 0.384 e. The summed E-state index contributed by atoms with van der Waals surface area (Å²) in [6.45, 7) is 8.83. The zero-order valence-corrected chi connectivity index (χ0v) is 11.5. The normalized spacial score (nSPS) is 15.2. The van der Waals surface area contributed by atoms with Crippen molar-refractivity contribution in [1.29, 1.82) is 0 Å². The van der Waals surface area contributed by atoms with Crippen LogP contribution in [0.25, 0.3) is 0 Å². The fraction of sp³-hybridized carbons (Fsp3) is 1.00. The molecular weight excluding hydrogens is 206 g/mol. The van der Waals surface area contributed by atoms with Gasteiger partial charge in [0.2, 0.25) is 0 Å². The molecule has 0 aliphatic rings. The summed E-state index contributed by atoms with van der Waals surface area (Å²) in [4.78, 5) is 0. The Morgan fingerprint density at radius 3 is 2.60 bits per heavy atom. The second-order valence-corrected chi connectivity index (χ2v) is 5.16. The molecule has 0 radical (unpaired) electrons. The van der Waals surface area contributed by atoms with Gasteiger partial charge in [0.1, 0.15) is 0 Å². The number of rotatable bonds is 10. The smallest absolute Gasteiger partial charge is 0.0552 e. The molecule has 0 spiro atoms. The number of methoxy groups -OCH3 is 1. The van der Waals surface area contributed by atoms with Gasteiger partial charge < -0.3 is 10.1 Å². The summed E-state index contributed by atoms with van der Waals surface area (Å²) in [5.74, 6) is 3.09. The number of hydrogen-bond donors (Lipinski definition) is 1. The van der Waals surface area contributed by atoms with E-state index in [0.717, 1.165) is 24.8 Å². The molecule has 3 heteroatoms. The first-order chi connectivity index (χ1) is 7.26. The number of thioether (sulfide) groups is 1. The molecule has 15 heavy (non-hydrogen) atoms. The lowest BCUT2D eigenvalue weighted by atomic mass is 10.0. The summed E-state index contributed by atoms with van der Waals surface area (Å²) in [6.07, 6.45) is 2.47. The van der Waals surface area contributed by atoms with Crippen LogP contribution in [0, 0.1) is 5.92 Å². The van der Waals surface area contributed by atoms with Crippen LogP contribution in [0.4, 0.5) is 0 Å². The molecule has 2 atom stereocenters. The van der Waals surface area contributed by atoms with E-state index >= 15 is 0 Å². The minimum absolute atomic E-state index is 0.664. The maximum Gasteiger partial charge on any atom is 0.0552 e. The van der Waals surface area contributed by atoms with Gasteiger partial charge in [-0.05, 0) is 18.9 Å². The van der Waals surface area contributed by atoms with Gasteiger partial charge in [0.15, 0.2) is 0 Å². The van der Waals surface area contributed by atoms with Crippen LogP contribution in [0.2, 0.25) is 0 Å². The van der Waals surface area contributed by atoms with Gasteiger partial charge in [0.05, 0.1) is 6.61 Å². The molecule has 0 aliphatic carbocycles. The first-order valence-corrected chi connectivity index (χ1v) is 7.21. The molecule has 2 unspecified atom stereocenters. The van der Waals surface area contributed by atoms with Crippen molar-refractivity contribution in [3.8, 4) is 0 Å². The Morgan fingerprint density at radius 1 is 1.33 bits per heavy atom. The summed E-state index contributed by atoms with van der Waals surface area (Å²) in [5.41, 5.74) is 0. The van der Waals surface area contributed by atoms with Gasteiger partial charge in [-0.2, -0.15) is 11.8 Å². The van der Waals surface area contributed by atoms with Crippen LogP contribution in [-0.4, -0.2) is 37.8 Å². The summed E-state index contributed by atoms with van der Waals surface area (Å²) >= 11 is 1.99. The number of ether oxygens (including phenoxy) is 1. The number of hydrogen-bond acceptors (Lipinski definition) is 3. The van der Waals surface area contributed by atoms with Crippen molar-refractivity contribution < 1.29 is 4.74 Å². The lowest BCUT2D eigenvalue weighted by Gasteiger charge is -2.24. The predicted octanol–water partition coefficient (Wildman–Crippen LogP) is 2.78. The van der Waals surface area contributed by atoms with Gasteiger partial charge in [0.25, 0.3) is 0 Å². The second kappa shape index (κ2) is 10.8.